The minimum Gasteiger partial charge on any atom is -0.330 e. The minimum atomic E-state index is 0.0820. The number of carbonyl (C=O) groups excluding carboxylic acids is 1. The van der Waals surface area contributed by atoms with Gasteiger partial charge in [0.15, 0.2) is 0 Å². The highest BCUT2D eigenvalue weighted by molar-refractivity contribution is 5.92. The third-order valence-electron chi connectivity index (χ3n) is 4.39. The monoisotopic (exact) mass is 274 g/mol. The van der Waals surface area contributed by atoms with Gasteiger partial charge in [-0.3, -0.25) is 4.79 Å². The highest BCUT2D eigenvalue weighted by Gasteiger charge is 2.29. The number of hydrogen-bond acceptors (Lipinski definition) is 2. The molecule has 2 rings (SSSR count). The lowest BCUT2D eigenvalue weighted by molar-refractivity contribution is -0.122. The van der Waals surface area contributed by atoms with Gasteiger partial charge in [-0.2, -0.15) is 0 Å². The Labute approximate surface area is 121 Å². The zero-order valence-corrected chi connectivity index (χ0v) is 12.6. The molecule has 1 fully saturated rings. The van der Waals surface area contributed by atoms with Gasteiger partial charge < -0.3 is 11.1 Å². The summed E-state index contributed by atoms with van der Waals surface area (Å²) in [4.78, 5) is 12.4. The predicted molar refractivity (Wildman–Crippen MR) is 83.7 cm³/mol. The standard InChI is InChI=1S/C17H26N2O/c1-12(2)13-7-9-15(10-8-13)19-17(20)16-6-4-3-5-14(16)11-18/h7-10,12,14,16H,3-6,11,18H2,1-2H3,(H,19,20). The molecule has 3 N–H and O–H groups in total. The molecule has 1 saturated carbocycles. The van der Waals surface area contributed by atoms with Crippen molar-refractivity contribution in [3.63, 3.8) is 0 Å². The Morgan fingerprint density at radius 2 is 1.90 bits per heavy atom. The second-order valence-corrected chi connectivity index (χ2v) is 6.15. The Morgan fingerprint density at radius 1 is 1.25 bits per heavy atom. The van der Waals surface area contributed by atoms with Crippen LogP contribution in [0.1, 0.15) is 51.0 Å². The number of nitrogens with one attached hydrogen (secondary N) is 1. The first-order valence-corrected chi connectivity index (χ1v) is 7.72. The molecular weight excluding hydrogens is 248 g/mol. The molecule has 0 heterocycles. The molecule has 1 aliphatic carbocycles. The molecule has 2 atom stereocenters. The van der Waals surface area contributed by atoms with Gasteiger partial charge in [-0.25, -0.2) is 0 Å². The van der Waals surface area contributed by atoms with E-state index in [1.54, 1.807) is 0 Å². The zero-order chi connectivity index (χ0) is 14.5. The molecule has 1 aromatic carbocycles. The lowest BCUT2D eigenvalue weighted by atomic mass is 9.78. The molecule has 0 spiro atoms. The van der Waals surface area contributed by atoms with Gasteiger partial charge in [0.25, 0.3) is 0 Å². The van der Waals surface area contributed by atoms with Crippen LogP contribution in [0.3, 0.4) is 0 Å². The third kappa shape index (κ3) is 3.60. The van der Waals surface area contributed by atoms with E-state index in [2.05, 4.69) is 31.3 Å². The molecule has 0 bridgehead atoms. The lowest BCUT2D eigenvalue weighted by Crippen LogP contribution is -2.35. The molecule has 0 saturated heterocycles. The molecule has 0 aromatic heterocycles. The van der Waals surface area contributed by atoms with Crippen LogP contribution >= 0.6 is 0 Å². The van der Waals surface area contributed by atoms with Gasteiger partial charge in [-0.15, -0.1) is 0 Å². The lowest BCUT2D eigenvalue weighted by Gasteiger charge is -2.29. The van der Waals surface area contributed by atoms with Crippen LogP contribution in [0.15, 0.2) is 24.3 Å². The topological polar surface area (TPSA) is 55.1 Å². The Hall–Kier alpha value is -1.35. The number of benzene rings is 1. The van der Waals surface area contributed by atoms with E-state index in [9.17, 15) is 4.79 Å². The molecule has 0 aliphatic heterocycles. The molecule has 1 amide bonds. The van der Waals surface area contributed by atoms with E-state index in [0.29, 0.717) is 18.4 Å². The van der Waals surface area contributed by atoms with Crippen molar-refractivity contribution in [3.05, 3.63) is 29.8 Å². The largest absolute Gasteiger partial charge is 0.330 e. The van der Waals surface area contributed by atoms with E-state index in [0.717, 1.165) is 24.9 Å². The summed E-state index contributed by atoms with van der Waals surface area (Å²) in [5, 5.41) is 3.05. The van der Waals surface area contributed by atoms with E-state index in [4.69, 9.17) is 5.73 Å². The van der Waals surface area contributed by atoms with Crippen molar-refractivity contribution in [2.45, 2.75) is 45.4 Å². The smallest absolute Gasteiger partial charge is 0.227 e. The van der Waals surface area contributed by atoms with E-state index in [-0.39, 0.29) is 11.8 Å². The SMILES string of the molecule is CC(C)c1ccc(NC(=O)C2CCCCC2CN)cc1. The third-order valence-corrected chi connectivity index (χ3v) is 4.39. The summed E-state index contributed by atoms with van der Waals surface area (Å²) in [6.07, 6.45) is 4.40. The fraction of sp³-hybridized carbons (Fsp3) is 0.588. The van der Waals surface area contributed by atoms with Crippen molar-refractivity contribution < 1.29 is 4.79 Å². The van der Waals surface area contributed by atoms with Crippen molar-refractivity contribution in [3.8, 4) is 0 Å². The van der Waals surface area contributed by atoms with Crippen LogP contribution in [0.2, 0.25) is 0 Å². The maximum atomic E-state index is 12.4. The van der Waals surface area contributed by atoms with Crippen LogP contribution in [-0.2, 0) is 4.79 Å². The first kappa shape index (κ1) is 15.0. The predicted octanol–water partition coefficient (Wildman–Crippen LogP) is 3.51. The van der Waals surface area contributed by atoms with Crippen LogP contribution in [0.4, 0.5) is 5.69 Å². The van der Waals surface area contributed by atoms with Crippen molar-refractivity contribution in [1.29, 1.82) is 0 Å². The van der Waals surface area contributed by atoms with Crippen molar-refractivity contribution in [2.75, 3.05) is 11.9 Å². The summed E-state index contributed by atoms with van der Waals surface area (Å²) in [6, 6.07) is 8.16. The summed E-state index contributed by atoms with van der Waals surface area (Å²) in [5.41, 5.74) is 7.98. The fourth-order valence-corrected chi connectivity index (χ4v) is 3.02. The van der Waals surface area contributed by atoms with Crippen molar-refractivity contribution in [1.82, 2.24) is 0 Å². The summed E-state index contributed by atoms with van der Waals surface area (Å²) in [7, 11) is 0. The van der Waals surface area contributed by atoms with Crippen LogP contribution < -0.4 is 11.1 Å². The number of amides is 1. The highest BCUT2D eigenvalue weighted by atomic mass is 16.1. The van der Waals surface area contributed by atoms with Crippen molar-refractivity contribution >= 4 is 11.6 Å². The zero-order valence-electron chi connectivity index (χ0n) is 12.6. The Kier molecular flexibility index (Phi) is 5.18. The van der Waals surface area contributed by atoms with Crippen LogP contribution in [0.5, 0.6) is 0 Å². The average molecular weight is 274 g/mol. The molecule has 110 valence electrons. The summed E-state index contributed by atoms with van der Waals surface area (Å²) >= 11 is 0. The fourth-order valence-electron chi connectivity index (χ4n) is 3.02. The quantitative estimate of drug-likeness (QED) is 0.882. The average Bonchev–Trinajstić information content (AvgIpc) is 2.47. The second kappa shape index (κ2) is 6.89. The second-order valence-electron chi connectivity index (χ2n) is 6.15. The van der Waals surface area contributed by atoms with E-state index >= 15 is 0 Å². The Balaban J connectivity index is 1.99. The van der Waals surface area contributed by atoms with Crippen LogP contribution in [0, 0.1) is 11.8 Å². The van der Waals surface area contributed by atoms with E-state index < -0.39 is 0 Å². The molecular formula is C17H26N2O. The van der Waals surface area contributed by atoms with Gasteiger partial charge in [-0.1, -0.05) is 38.8 Å². The molecule has 3 nitrogen and oxygen atoms in total. The minimum absolute atomic E-state index is 0.0820. The first-order chi connectivity index (χ1) is 9.61. The molecule has 1 aliphatic rings. The molecule has 20 heavy (non-hydrogen) atoms. The van der Waals surface area contributed by atoms with Gasteiger partial charge in [0, 0.05) is 11.6 Å². The van der Waals surface area contributed by atoms with Gasteiger partial charge in [-0.05, 0) is 48.9 Å². The van der Waals surface area contributed by atoms with Crippen molar-refractivity contribution in [2.24, 2.45) is 17.6 Å². The maximum Gasteiger partial charge on any atom is 0.227 e. The number of nitrogens with two attached hydrogens (primary N) is 1. The van der Waals surface area contributed by atoms with Gasteiger partial charge in [0.05, 0.1) is 0 Å². The summed E-state index contributed by atoms with van der Waals surface area (Å²) < 4.78 is 0. The summed E-state index contributed by atoms with van der Waals surface area (Å²) in [6.45, 7) is 4.95. The number of carbonyl (C=O) groups is 1. The number of rotatable bonds is 4. The molecule has 0 radical (unpaired) electrons. The molecule has 2 unspecified atom stereocenters. The summed E-state index contributed by atoms with van der Waals surface area (Å²) in [5.74, 6) is 1.08. The van der Waals surface area contributed by atoms with Crippen LogP contribution in [-0.4, -0.2) is 12.5 Å². The maximum absolute atomic E-state index is 12.4. The molecule has 3 heteroatoms. The Bertz CT molecular complexity index is 439. The highest BCUT2D eigenvalue weighted by Crippen LogP contribution is 2.30. The normalized spacial score (nSPS) is 22.8. The number of anilines is 1. The number of hydrogen-bond donors (Lipinski definition) is 2. The van der Waals surface area contributed by atoms with E-state index in [1.165, 1.54) is 12.0 Å². The first-order valence-electron chi connectivity index (χ1n) is 7.72. The Morgan fingerprint density at radius 3 is 2.50 bits per heavy atom. The van der Waals surface area contributed by atoms with Gasteiger partial charge in [0.1, 0.15) is 0 Å². The van der Waals surface area contributed by atoms with Gasteiger partial charge in [0.2, 0.25) is 5.91 Å². The van der Waals surface area contributed by atoms with Gasteiger partial charge >= 0.3 is 0 Å². The molecule has 1 aromatic rings. The van der Waals surface area contributed by atoms with Crippen LogP contribution in [0.25, 0.3) is 0 Å². The van der Waals surface area contributed by atoms with E-state index in [1.807, 2.05) is 12.1 Å².